The lowest BCUT2D eigenvalue weighted by Crippen LogP contribution is -2.49. The molecule has 2 saturated heterocycles. The number of nitro benzene ring substituents is 1. The lowest BCUT2D eigenvalue weighted by Gasteiger charge is -2.35. The number of anilines is 2. The Labute approximate surface area is 181 Å². The van der Waals surface area contributed by atoms with E-state index >= 15 is 0 Å². The minimum Gasteiger partial charge on any atom is -0.356 e. The van der Waals surface area contributed by atoms with Crippen molar-refractivity contribution in [2.24, 2.45) is 0 Å². The van der Waals surface area contributed by atoms with Crippen LogP contribution in [0.5, 0.6) is 0 Å². The van der Waals surface area contributed by atoms with Gasteiger partial charge in [0.25, 0.3) is 5.69 Å². The third-order valence-electron chi connectivity index (χ3n) is 5.70. The molecule has 0 unspecified atom stereocenters. The fourth-order valence-corrected chi connectivity index (χ4v) is 5.46. The second kappa shape index (κ2) is 8.75. The zero-order valence-electron chi connectivity index (χ0n) is 17.5. The molecule has 11 heteroatoms. The summed E-state index contributed by atoms with van der Waals surface area (Å²) < 4.78 is 27.3. The average molecular weight is 447 g/mol. The number of piperidine rings is 1. The smallest absolute Gasteiger partial charge is 0.270 e. The van der Waals surface area contributed by atoms with Crippen molar-refractivity contribution in [3.8, 4) is 0 Å². The summed E-state index contributed by atoms with van der Waals surface area (Å²) in [5, 5.41) is 11.0. The molecule has 0 spiro atoms. The van der Waals surface area contributed by atoms with Crippen LogP contribution in [0.2, 0.25) is 0 Å². The maximum absolute atomic E-state index is 13.0. The van der Waals surface area contributed by atoms with Gasteiger partial charge in [-0.15, -0.1) is 0 Å². The molecule has 0 amide bonds. The van der Waals surface area contributed by atoms with E-state index in [0.717, 1.165) is 43.5 Å². The van der Waals surface area contributed by atoms with Crippen LogP contribution in [0.25, 0.3) is 0 Å². The average Bonchev–Trinajstić information content (AvgIpc) is 2.79. The van der Waals surface area contributed by atoms with E-state index in [0.29, 0.717) is 19.0 Å². The van der Waals surface area contributed by atoms with Crippen LogP contribution in [-0.2, 0) is 10.0 Å². The van der Waals surface area contributed by atoms with Crippen molar-refractivity contribution in [3.63, 3.8) is 0 Å². The summed E-state index contributed by atoms with van der Waals surface area (Å²) in [6, 6.07) is 7.17. The van der Waals surface area contributed by atoms with Gasteiger partial charge in [0, 0.05) is 63.2 Å². The monoisotopic (exact) mass is 446 g/mol. The van der Waals surface area contributed by atoms with Crippen LogP contribution in [0.3, 0.4) is 0 Å². The van der Waals surface area contributed by atoms with Gasteiger partial charge >= 0.3 is 0 Å². The molecule has 0 atom stereocenters. The topological polar surface area (TPSA) is 113 Å². The first-order valence-electron chi connectivity index (χ1n) is 10.4. The summed E-state index contributed by atoms with van der Waals surface area (Å²) in [5.41, 5.74) is 0.648. The van der Waals surface area contributed by atoms with Gasteiger partial charge in [-0.1, -0.05) is 6.07 Å². The van der Waals surface area contributed by atoms with Crippen LogP contribution in [0.4, 0.5) is 17.5 Å². The van der Waals surface area contributed by atoms with E-state index in [1.54, 1.807) is 0 Å². The highest BCUT2D eigenvalue weighted by atomic mass is 32.2. The molecule has 0 saturated carbocycles. The predicted octanol–water partition coefficient (Wildman–Crippen LogP) is 2.19. The molecule has 2 aliphatic heterocycles. The molecular formula is C20H26N6O4S. The number of aromatic nitrogens is 2. The van der Waals surface area contributed by atoms with Crippen LogP contribution in [0, 0.1) is 17.0 Å². The van der Waals surface area contributed by atoms with E-state index in [2.05, 4.69) is 9.88 Å². The van der Waals surface area contributed by atoms with Gasteiger partial charge in [-0.05, 0) is 32.3 Å². The summed E-state index contributed by atoms with van der Waals surface area (Å²) in [7, 11) is -3.80. The maximum atomic E-state index is 13.0. The van der Waals surface area contributed by atoms with Gasteiger partial charge < -0.3 is 9.80 Å². The van der Waals surface area contributed by atoms with Gasteiger partial charge in [0.2, 0.25) is 16.0 Å². The molecule has 0 bridgehead atoms. The number of hydrogen-bond acceptors (Lipinski definition) is 8. The molecule has 2 aromatic rings. The molecule has 4 rings (SSSR count). The first kappa shape index (κ1) is 21.4. The van der Waals surface area contributed by atoms with E-state index in [1.807, 2.05) is 17.9 Å². The van der Waals surface area contributed by atoms with Crippen LogP contribution >= 0.6 is 0 Å². The molecular weight excluding hydrogens is 420 g/mol. The standard InChI is InChI=1S/C20H26N6O4S/c1-16-14-19(23-8-3-2-4-9-23)22-20(21-16)24-10-12-25(13-11-24)31(29,30)18-7-5-6-17(15-18)26(27)28/h5-7,14-15H,2-4,8-13H2,1H3. The predicted molar refractivity (Wildman–Crippen MR) is 117 cm³/mol. The van der Waals surface area contributed by atoms with Crippen molar-refractivity contribution < 1.29 is 13.3 Å². The van der Waals surface area contributed by atoms with E-state index in [9.17, 15) is 18.5 Å². The number of nitro groups is 1. The van der Waals surface area contributed by atoms with E-state index in [4.69, 9.17) is 4.98 Å². The largest absolute Gasteiger partial charge is 0.356 e. The SMILES string of the molecule is Cc1cc(N2CCCCC2)nc(N2CCN(S(=O)(=O)c3cccc([N+](=O)[O-])c3)CC2)n1. The molecule has 1 aromatic carbocycles. The highest BCUT2D eigenvalue weighted by molar-refractivity contribution is 7.89. The fraction of sp³-hybridized carbons (Fsp3) is 0.500. The van der Waals surface area contributed by atoms with Crippen LogP contribution < -0.4 is 9.80 Å². The van der Waals surface area contributed by atoms with E-state index < -0.39 is 14.9 Å². The Hall–Kier alpha value is -2.79. The Morgan fingerprint density at radius 1 is 0.935 bits per heavy atom. The number of rotatable bonds is 5. The minimum absolute atomic E-state index is 0.0608. The highest BCUT2D eigenvalue weighted by Crippen LogP contribution is 2.25. The molecule has 31 heavy (non-hydrogen) atoms. The van der Waals surface area contributed by atoms with E-state index in [1.165, 1.54) is 28.9 Å². The summed E-state index contributed by atoms with van der Waals surface area (Å²) in [4.78, 5) is 24.0. The third kappa shape index (κ3) is 4.62. The number of hydrogen-bond donors (Lipinski definition) is 0. The Balaban J connectivity index is 1.48. The molecule has 3 heterocycles. The van der Waals surface area contributed by atoms with E-state index in [-0.39, 0.29) is 23.7 Å². The van der Waals surface area contributed by atoms with Crippen molar-refractivity contribution in [2.75, 3.05) is 49.1 Å². The Morgan fingerprint density at radius 2 is 1.65 bits per heavy atom. The minimum atomic E-state index is -3.80. The van der Waals surface area contributed by atoms with Crippen LogP contribution in [0.15, 0.2) is 35.2 Å². The molecule has 2 fully saturated rings. The van der Waals surface area contributed by atoms with Gasteiger partial charge in [0.05, 0.1) is 9.82 Å². The van der Waals surface area contributed by atoms with Crippen LogP contribution in [0.1, 0.15) is 25.0 Å². The summed E-state index contributed by atoms with van der Waals surface area (Å²) in [5.74, 6) is 1.54. The number of sulfonamides is 1. The zero-order chi connectivity index (χ0) is 22.0. The summed E-state index contributed by atoms with van der Waals surface area (Å²) in [6.45, 7) is 5.37. The maximum Gasteiger partial charge on any atom is 0.270 e. The van der Waals surface area contributed by atoms with Crippen molar-refractivity contribution >= 4 is 27.5 Å². The molecule has 0 aliphatic carbocycles. The lowest BCUT2D eigenvalue weighted by molar-refractivity contribution is -0.385. The molecule has 10 nitrogen and oxygen atoms in total. The Kier molecular flexibility index (Phi) is 6.05. The Morgan fingerprint density at radius 3 is 2.32 bits per heavy atom. The Bertz CT molecular complexity index is 1060. The normalized spacial score (nSPS) is 18.2. The highest BCUT2D eigenvalue weighted by Gasteiger charge is 2.30. The third-order valence-corrected chi connectivity index (χ3v) is 7.59. The van der Waals surface area contributed by atoms with Gasteiger partial charge in [-0.25, -0.2) is 13.4 Å². The lowest BCUT2D eigenvalue weighted by atomic mass is 10.1. The fourth-order valence-electron chi connectivity index (χ4n) is 4.00. The number of benzene rings is 1. The number of nitrogens with zero attached hydrogens (tertiary/aromatic N) is 6. The molecule has 1 aromatic heterocycles. The zero-order valence-corrected chi connectivity index (χ0v) is 18.3. The van der Waals surface area contributed by atoms with Crippen molar-refractivity contribution in [1.82, 2.24) is 14.3 Å². The quantitative estimate of drug-likeness (QED) is 0.507. The molecule has 2 aliphatic rings. The van der Waals surface area contributed by atoms with Crippen molar-refractivity contribution in [3.05, 3.63) is 46.1 Å². The number of non-ortho nitro benzene ring substituents is 1. The molecule has 166 valence electrons. The molecule has 0 N–H and O–H groups in total. The van der Waals surface area contributed by atoms with Gasteiger partial charge in [0.1, 0.15) is 5.82 Å². The number of piperazine rings is 1. The summed E-state index contributed by atoms with van der Waals surface area (Å²) >= 11 is 0. The van der Waals surface area contributed by atoms with Gasteiger partial charge in [0.15, 0.2) is 0 Å². The second-order valence-corrected chi connectivity index (χ2v) is 9.80. The first-order valence-corrected chi connectivity index (χ1v) is 11.9. The first-order chi connectivity index (χ1) is 14.8. The van der Waals surface area contributed by atoms with Crippen molar-refractivity contribution in [2.45, 2.75) is 31.1 Å². The molecule has 0 radical (unpaired) electrons. The van der Waals surface area contributed by atoms with Gasteiger partial charge in [-0.2, -0.15) is 9.29 Å². The van der Waals surface area contributed by atoms with Crippen molar-refractivity contribution in [1.29, 1.82) is 0 Å². The second-order valence-electron chi connectivity index (χ2n) is 7.86. The number of aryl methyl sites for hydroxylation is 1. The van der Waals surface area contributed by atoms with Crippen LogP contribution in [-0.4, -0.2) is 66.9 Å². The van der Waals surface area contributed by atoms with Gasteiger partial charge in [-0.3, -0.25) is 10.1 Å². The summed E-state index contributed by atoms with van der Waals surface area (Å²) in [6.07, 6.45) is 3.56.